The van der Waals surface area contributed by atoms with Gasteiger partial charge in [0, 0.05) is 10.3 Å². The third-order valence-corrected chi connectivity index (χ3v) is 3.11. The number of alkyl halides is 3. The molecule has 1 aromatic heterocycles. The van der Waals surface area contributed by atoms with Crippen LogP contribution in [0.2, 0.25) is 0 Å². The van der Waals surface area contributed by atoms with Gasteiger partial charge in [-0.2, -0.15) is 18.3 Å². The second-order valence-corrected chi connectivity index (χ2v) is 4.56. The standard InChI is InChI=1S/C11H9F3N2OS/c1-18-8-2-3-9-7(4-8)5-15-16(10(9)17)6-11(12,13)14/h2-5H,6H2,1H3. The first-order chi connectivity index (χ1) is 8.40. The first-order valence-corrected chi connectivity index (χ1v) is 6.24. The Bertz CT molecular complexity index is 636. The minimum Gasteiger partial charge on any atom is -0.267 e. The van der Waals surface area contributed by atoms with Gasteiger partial charge in [0.25, 0.3) is 5.56 Å². The molecule has 0 radical (unpaired) electrons. The maximum Gasteiger partial charge on any atom is 0.408 e. The van der Waals surface area contributed by atoms with Gasteiger partial charge < -0.3 is 0 Å². The highest BCUT2D eigenvalue weighted by atomic mass is 32.2. The van der Waals surface area contributed by atoms with Crippen molar-refractivity contribution in [3.63, 3.8) is 0 Å². The first kappa shape index (κ1) is 12.9. The minimum absolute atomic E-state index is 0.243. The summed E-state index contributed by atoms with van der Waals surface area (Å²) in [6, 6.07) is 4.96. The molecule has 1 heterocycles. The van der Waals surface area contributed by atoms with E-state index in [1.807, 2.05) is 6.26 Å². The van der Waals surface area contributed by atoms with Crippen molar-refractivity contribution in [2.24, 2.45) is 0 Å². The van der Waals surface area contributed by atoms with Gasteiger partial charge >= 0.3 is 6.18 Å². The van der Waals surface area contributed by atoms with Crippen LogP contribution in [0.3, 0.4) is 0 Å². The lowest BCUT2D eigenvalue weighted by molar-refractivity contribution is -0.143. The fraction of sp³-hybridized carbons (Fsp3) is 0.273. The summed E-state index contributed by atoms with van der Waals surface area (Å²) < 4.78 is 37.1. The predicted molar refractivity (Wildman–Crippen MR) is 63.8 cm³/mol. The van der Waals surface area contributed by atoms with E-state index in [1.54, 1.807) is 12.1 Å². The fourth-order valence-corrected chi connectivity index (χ4v) is 2.02. The van der Waals surface area contributed by atoms with Crippen molar-refractivity contribution in [3.8, 4) is 0 Å². The molecule has 0 N–H and O–H groups in total. The Hall–Kier alpha value is -1.50. The molecule has 0 fully saturated rings. The molecule has 2 aromatic rings. The zero-order chi connectivity index (χ0) is 13.3. The van der Waals surface area contributed by atoms with E-state index in [2.05, 4.69) is 5.10 Å². The Morgan fingerprint density at radius 3 is 2.72 bits per heavy atom. The molecule has 18 heavy (non-hydrogen) atoms. The Morgan fingerprint density at radius 1 is 1.39 bits per heavy atom. The van der Waals surface area contributed by atoms with Crippen LogP contribution in [-0.2, 0) is 6.54 Å². The summed E-state index contributed by atoms with van der Waals surface area (Å²) in [6.45, 7) is -1.37. The van der Waals surface area contributed by atoms with Gasteiger partial charge in [-0.3, -0.25) is 4.79 Å². The van der Waals surface area contributed by atoms with Gasteiger partial charge in [0.1, 0.15) is 6.54 Å². The molecule has 0 aliphatic carbocycles. The molecule has 0 amide bonds. The van der Waals surface area contributed by atoms with Crippen LogP contribution >= 0.6 is 11.8 Å². The summed E-state index contributed by atoms with van der Waals surface area (Å²) in [5.41, 5.74) is -0.725. The highest BCUT2D eigenvalue weighted by Crippen LogP contribution is 2.20. The fourth-order valence-electron chi connectivity index (χ4n) is 1.58. The average molecular weight is 274 g/mol. The maximum atomic E-state index is 12.2. The van der Waals surface area contributed by atoms with Crippen molar-refractivity contribution >= 4 is 22.5 Å². The van der Waals surface area contributed by atoms with Crippen molar-refractivity contribution in [1.82, 2.24) is 9.78 Å². The number of hydrogen-bond acceptors (Lipinski definition) is 3. The molecule has 96 valence electrons. The van der Waals surface area contributed by atoms with Crippen molar-refractivity contribution in [1.29, 1.82) is 0 Å². The van der Waals surface area contributed by atoms with Gasteiger partial charge in [0.2, 0.25) is 0 Å². The second-order valence-electron chi connectivity index (χ2n) is 3.68. The Morgan fingerprint density at radius 2 is 2.11 bits per heavy atom. The molecule has 0 saturated carbocycles. The number of aromatic nitrogens is 2. The van der Waals surface area contributed by atoms with Gasteiger partial charge in [0.05, 0.1) is 11.6 Å². The Kier molecular flexibility index (Phi) is 3.34. The van der Waals surface area contributed by atoms with E-state index >= 15 is 0 Å². The third-order valence-electron chi connectivity index (χ3n) is 2.39. The van der Waals surface area contributed by atoms with E-state index in [4.69, 9.17) is 0 Å². The van der Waals surface area contributed by atoms with Crippen LogP contribution in [-0.4, -0.2) is 22.2 Å². The van der Waals surface area contributed by atoms with Crippen LogP contribution in [0.5, 0.6) is 0 Å². The van der Waals surface area contributed by atoms with Crippen LogP contribution < -0.4 is 5.56 Å². The molecule has 0 saturated heterocycles. The van der Waals surface area contributed by atoms with Crippen molar-refractivity contribution in [3.05, 3.63) is 34.7 Å². The highest BCUT2D eigenvalue weighted by molar-refractivity contribution is 7.98. The smallest absolute Gasteiger partial charge is 0.267 e. The van der Waals surface area contributed by atoms with Crippen LogP contribution in [0.1, 0.15) is 0 Å². The maximum absolute atomic E-state index is 12.2. The molecule has 2 rings (SSSR count). The largest absolute Gasteiger partial charge is 0.408 e. The molecular weight excluding hydrogens is 265 g/mol. The number of hydrogen-bond donors (Lipinski definition) is 0. The number of halogens is 3. The summed E-state index contributed by atoms with van der Waals surface area (Å²) in [6.07, 6.45) is -1.30. The zero-order valence-corrected chi connectivity index (χ0v) is 10.2. The molecule has 1 aromatic carbocycles. The minimum atomic E-state index is -4.45. The lowest BCUT2D eigenvalue weighted by atomic mass is 10.2. The summed E-state index contributed by atoms with van der Waals surface area (Å²) in [7, 11) is 0. The zero-order valence-electron chi connectivity index (χ0n) is 9.36. The molecular formula is C11H9F3N2OS. The molecule has 7 heteroatoms. The monoisotopic (exact) mass is 274 g/mol. The Labute approximate surface area is 105 Å². The van der Waals surface area contributed by atoms with Gasteiger partial charge in [-0.25, -0.2) is 4.68 Å². The van der Waals surface area contributed by atoms with Crippen LogP contribution in [0, 0.1) is 0 Å². The summed E-state index contributed by atoms with van der Waals surface area (Å²) in [4.78, 5) is 12.7. The summed E-state index contributed by atoms with van der Waals surface area (Å²) in [5.74, 6) is 0. The quantitative estimate of drug-likeness (QED) is 0.790. The third kappa shape index (κ3) is 2.66. The molecule has 0 atom stereocenters. The Balaban J connectivity index is 2.55. The number of rotatable bonds is 2. The van der Waals surface area contributed by atoms with Crippen LogP contribution in [0.15, 0.2) is 34.1 Å². The van der Waals surface area contributed by atoms with Crippen molar-refractivity contribution < 1.29 is 13.2 Å². The molecule has 0 unspecified atom stereocenters. The van der Waals surface area contributed by atoms with E-state index < -0.39 is 18.3 Å². The SMILES string of the molecule is CSc1ccc2c(=O)n(CC(F)(F)F)ncc2c1. The molecule has 0 spiro atoms. The lowest BCUT2D eigenvalue weighted by Crippen LogP contribution is -2.30. The van der Waals surface area contributed by atoms with E-state index in [9.17, 15) is 18.0 Å². The lowest BCUT2D eigenvalue weighted by Gasteiger charge is -2.09. The van der Waals surface area contributed by atoms with Gasteiger partial charge in [-0.15, -0.1) is 11.8 Å². The molecule has 3 nitrogen and oxygen atoms in total. The van der Waals surface area contributed by atoms with Gasteiger partial charge in [-0.1, -0.05) is 0 Å². The van der Waals surface area contributed by atoms with Gasteiger partial charge in [0.15, 0.2) is 0 Å². The molecule has 0 bridgehead atoms. The van der Waals surface area contributed by atoms with E-state index in [-0.39, 0.29) is 5.39 Å². The summed E-state index contributed by atoms with van der Waals surface area (Å²) in [5, 5.41) is 4.33. The first-order valence-electron chi connectivity index (χ1n) is 5.01. The van der Waals surface area contributed by atoms with Crippen LogP contribution in [0.4, 0.5) is 13.2 Å². The van der Waals surface area contributed by atoms with Gasteiger partial charge in [-0.05, 0) is 24.5 Å². The number of nitrogens with zero attached hydrogens (tertiary/aromatic N) is 2. The number of thioether (sulfide) groups is 1. The van der Waals surface area contributed by atoms with Crippen molar-refractivity contribution in [2.45, 2.75) is 17.6 Å². The molecule has 0 aliphatic heterocycles. The number of fused-ring (bicyclic) bond motifs is 1. The summed E-state index contributed by atoms with van der Waals surface area (Å²) >= 11 is 1.49. The average Bonchev–Trinajstić information content (AvgIpc) is 2.31. The van der Waals surface area contributed by atoms with E-state index in [0.29, 0.717) is 10.1 Å². The van der Waals surface area contributed by atoms with Crippen LogP contribution in [0.25, 0.3) is 10.8 Å². The highest BCUT2D eigenvalue weighted by Gasteiger charge is 2.29. The van der Waals surface area contributed by atoms with E-state index in [1.165, 1.54) is 24.0 Å². The molecule has 0 aliphatic rings. The second kappa shape index (κ2) is 4.64. The van der Waals surface area contributed by atoms with E-state index in [0.717, 1.165) is 4.90 Å². The number of benzene rings is 1. The topological polar surface area (TPSA) is 34.9 Å². The predicted octanol–water partition coefficient (Wildman–Crippen LogP) is 2.68. The normalized spacial score (nSPS) is 12.0. The van der Waals surface area contributed by atoms with Crippen molar-refractivity contribution in [2.75, 3.05) is 6.26 Å².